The van der Waals surface area contributed by atoms with E-state index < -0.39 is 0 Å². The van der Waals surface area contributed by atoms with E-state index in [0.717, 1.165) is 11.3 Å². The zero-order valence-electron chi connectivity index (χ0n) is 8.49. The smallest absolute Gasteiger partial charge is 0.118 e. The van der Waals surface area contributed by atoms with Crippen molar-refractivity contribution < 1.29 is 9.47 Å². The third kappa shape index (κ3) is 2.79. The normalized spacial score (nSPS) is 11.8. The summed E-state index contributed by atoms with van der Waals surface area (Å²) in [4.78, 5) is 0. The Labute approximate surface area is 84.8 Å². The van der Waals surface area contributed by atoms with Gasteiger partial charge in [-0.3, -0.25) is 0 Å². The molecule has 0 bridgehead atoms. The summed E-state index contributed by atoms with van der Waals surface area (Å²) in [5.41, 5.74) is 1.10. The standard InChI is InChI=1S/C12H14O2/c1-4-9-14-10(2)11-5-7-12(13-3)8-6-11/h1,5-8,10H,9H2,2-3H3. The minimum Gasteiger partial charge on any atom is -0.497 e. The molecule has 74 valence electrons. The van der Waals surface area contributed by atoms with Crippen LogP contribution < -0.4 is 4.74 Å². The average Bonchev–Trinajstić information content (AvgIpc) is 2.26. The van der Waals surface area contributed by atoms with Gasteiger partial charge in [-0.25, -0.2) is 0 Å². The highest BCUT2D eigenvalue weighted by Gasteiger charge is 2.04. The van der Waals surface area contributed by atoms with Crippen LogP contribution >= 0.6 is 0 Å². The SMILES string of the molecule is C#CCOC(C)c1ccc(OC)cc1. The van der Waals surface area contributed by atoms with Gasteiger partial charge in [-0.15, -0.1) is 6.42 Å². The summed E-state index contributed by atoms with van der Waals surface area (Å²) in [6.45, 7) is 2.31. The Balaban J connectivity index is 2.62. The van der Waals surface area contributed by atoms with Crippen LogP contribution in [0.1, 0.15) is 18.6 Å². The van der Waals surface area contributed by atoms with Gasteiger partial charge in [-0.1, -0.05) is 18.1 Å². The van der Waals surface area contributed by atoms with Crippen LogP contribution in [0.5, 0.6) is 5.75 Å². The Bertz CT molecular complexity index is 308. The lowest BCUT2D eigenvalue weighted by Crippen LogP contribution is -1.99. The van der Waals surface area contributed by atoms with E-state index in [-0.39, 0.29) is 6.10 Å². The van der Waals surface area contributed by atoms with Crippen LogP contribution in [0.4, 0.5) is 0 Å². The molecule has 1 atom stereocenters. The molecule has 2 heteroatoms. The maximum atomic E-state index is 5.37. The molecule has 1 aromatic carbocycles. The summed E-state index contributed by atoms with van der Waals surface area (Å²) in [6, 6.07) is 7.76. The van der Waals surface area contributed by atoms with E-state index in [9.17, 15) is 0 Å². The van der Waals surface area contributed by atoms with Crippen molar-refractivity contribution in [3.8, 4) is 18.1 Å². The van der Waals surface area contributed by atoms with Crippen LogP contribution in [0, 0.1) is 12.3 Å². The zero-order chi connectivity index (χ0) is 10.4. The van der Waals surface area contributed by atoms with Crippen LogP contribution in [0.2, 0.25) is 0 Å². The van der Waals surface area contributed by atoms with Gasteiger partial charge in [0.05, 0.1) is 13.2 Å². The fourth-order valence-corrected chi connectivity index (χ4v) is 1.14. The molecule has 0 aliphatic rings. The van der Waals surface area contributed by atoms with Gasteiger partial charge in [0.15, 0.2) is 0 Å². The molecule has 0 aliphatic heterocycles. The van der Waals surface area contributed by atoms with Crippen LogP contribution in [0.3, 0.4) is 0 Å². The van der Waals surface area contributed by atoms with E-state index in [1.165, 1.54) is 0 Å². The fourth-order valence-electron chi connectivity index (χ4n) is 1.14. The molecule has 0 fully saturated rings. The Morgan fingerprint density at radius 1 is 1.36 bits per heavy atom. The van der Waals surface area contributed by atoms with E-state index in [1.807, 2.05) is 31.2 Å². The molecule has 14 heavy (non-hydrogen) atoms. The van der Waals surface area contributed by atoms with Gasteiger partial charge in [0.25, 0.3) is 0 Å². The first-order valence-electron chi connectivity index (χ1n) is 4.47. The number of rotatable bonds is 4. The molecule has 0 amide bonds. The quantitative estimate of drug-likeness (QED) is 0.679. The molecule has 0 heterocycles. The first-order valence-corrected chi connectivity index (χ1v) is 4.47. The molecule has 0 saturated carbocycles. The van der Waals surface area contributed by atoms with E-state index in [4.69, 9.17) is 15.9 Å². The van der Waals surface area contributed by atoms with Crippen molar-refractivity contribution in [2.75, 3.05) is 13.7 Å². The van der Waals surface area contributed by atoms with Crippen molar-refractivity contribution in [1.82, 2.24) is 0 Å². The number of hydrogen-bond acceptors (Lipinski definition) is 2. The summed E-state index contributed by atoms with van der Waals surface area (Å²) in [5, 5.41) is 0. The first kappa shape index (κ1) is 10.6. The van der Waals surface area contributed by atoms with Gasteiger partial charge in [-0.2, -0.15) is 0 Å². The lowest BCUT2D eigenvalue weighted by atomic mass is 10.1. The average molecular weight is 190 g/mol. The highest BCUT2D eigenvalue weighted by molar-refractivity contribution is 5.28. The third-order valence-electron chi connectivity index (χ3n) is 2.00. The van der Waals surface area contributed by atoms with Crippen molar-refractivity contribution in [2.45, 2.75) is 13.0 Å². The molecule has 0 aromatic heterocycles. The first-order chi connectivity index (χ1) is 6.77. The van der Waals surface area contributed by atoms with Gasteiger partial charge < -0.3 is 9.47 Å². The molecule has 0 N–H and O–H groups in total. The number of ether oxygens (including phenoxy) is 2. The minimum absolute atomic E-state index is 0.0250. The summed E-state index contributed by atoms with van der Waals surface area (Å²) >= 11 is 0. The van der Waals surface area contributed by atoms with Gasteiger partial charge in [0.1, 0.15) is 12.4 Å². The van der Waals surface area contributed by atoms with Crippen molar-refractivity contribution in [2.24, 2.45) is 0 Å². The Morgan fingerprint density at radius 2 is 2.00 bits per heavy atom. The van der Waals surface area contributed by atoms with E-state index in [1.54, 1.807) is 7.11 Å². The summed E-state index contributed by atoms with van der Waals surface area (Å²) in [7, 11) is 1.65. The molecule has 1 aromatic rings. The number of benzene rings is 1. The molecule has 0 spiro atoms. The van der Waals surface area contributed by atoms with Crippen molar-refractivity contribution in [3.05, 3.63) is 29.8 Å². The number of terminal acetylenes is 1. The molecule has 0 aliphatic carbocycles. The summed E-state index contributed by atoms with van der Waals surface area (Å²) in [5.74, 6) is 3.29. The van der Waals surface area contributed by atoms with Crippen LogP contribution in [-0.2, 0) is 4.74 Å². The monoisotopic (exact) mass is 190 g/mol. The molecule has 1 unspecified atom stereocenters. The van der Waals surface area contributed by atoms with Gasteiger partial charge in [-0.05, 0) is 24.6 Å². The Hall–Kier alpha value is -1.46. The van der Waals surface area contributed by atoms with Crippen molar-refractivity contribution >= 4 is 0 Å². The largest absolute Gasteiger partial charge is 0.497 e. The predicted octanol–water partition coefficient (Wildman–Crippen LogP) is 2.41. The van der Waals surface area contributed by atoms with Crippen LogP contribution in [-0.4, -0.2) is 13.7 Å². The molecular weight excluding hydrogens is 176 g/mol. The Kier molecular flexibility index (Phi) is 4.03. The van der Waals surface area contributed by atoms with E-state index >= 15 is 0 Å². The second-order valence-electron chi connectivity index (χ2n) is 2.93. The van der Waals surface area contributed by atoms with Gasteiger partial charge >= 0.3 is 0 Å². The topological polar surface area (TPSA) is 18.5 Å². The zero-order valence-corrected chi connectivity index (χ0v) is 8.49. The minimum atomic E-state index is 0.0250. The lowest BCUT2D eigenvalue weighted by Gasteiger charge is -2.11. The fraction of sp³-hybridized carbons (Fsp3) is 0.333. The van der Waals surface area contributed by atoms with Crippen LogP contribution in [0.25, 0.3) is 0 Å². The lowest BCUT2D eigenvalue weighted by molar-refractivity contribution is 0.0926. The molecular formula is C12H14O2. The highest BCUT2D eigenvalue weighted by Crippen LogP contribution is 2.19. The van der Waals surface area contributed by atoms with Crippen molar-refractivity contribution in [1.29, 1.82) is 0 Å². The molecule has 0 saturated heterocycles. The number of methoxy groups -OCH3 is 1. The maximum Gasteiger partial charge on any atom is 0.118 e. The predicted molar refractivity (Wildman–Crippen MR) is 56.2 cm³/mol. The maximum absolute atomic E-state index is 5.37. The summed E-state index contributed by atoms with van der Waals surface area (Å²) < 4.78 is 10.4. The molecule has 0 radical (unpaired) electrons. The van der Waals surface area contributed by atoms with E-state index in [2.05, 4.69) is 5.92 Å². The third-order valence-corrected chi connectivity index (χ3v) is 2.00. The second-order valence-corrected chi connectivity index (χ2v) is 2.93. The summed E-state index contributed by atoms with van der Waals surface area (Å²) in [6.07, 6.45) is 5.13. The van der Waals surface area contributed by atoms with Crippen LogP contribution in [0.15, 0.2) is 24.3 Å². The number of hydrogen-bond donors (Lipinski definition) is 0. The highest BCUT2D eigenvalue weighted by atomic mass is 16.5. The van der Waals surface area contributed by atoms with E-state index in [0.29, 0.717) is 6.61 Å². The molecule has 1 rings (SSSR count). The second kappa shape index (κ2) is 5.31. The molecule has 2 nitrogen and oxygen atoms in total. The van der Waals surface area contributed by atoms with Crippen molar-refractivity contribution in [3.63, 3.8) is 0 Å². The van der Waals surface area contributed by atoms with Gasteiger partial charge in [0.2, 0.25) is 0 Å². The van der Waals surface area contributed by atoms with Gasteiger partial charge in [0, 0.05) is 0 Å². The Morgan fingerprint density at radius 3 is 2.50 bits per heavy atom.